The van der Waals surface area contributed by atoms with Crippen LogP contribution >= 0.6 is 0 Å². The minimum absolute atomic E-state index is 0.249. The molecule has 32 heavy (non-hydrogen) atoms. The SMILES string of the molecule is CCCCCCNC(=O)NCc1ccc2nc(C)n(C3CCCC(=O)NC3=O)c(=O)c2c1. The molecule has 0 aliphatic carbocycles. The number of amides is 4. The first-order valence-corrected chi connectivity index (χ1v) is 11.3. The third-order valence-corrected chi connectivity index (χ3v) is 5.67. The Morgan fingerprint density at radius 1 is 1.19 bits per heavy atom. The zero-order valence-corrected chi connectivity index (χ0v) is 18.7. The van der Waals surface area contributed by atoms with E-state index in [2.05, 4.69) is 27.9 Å². The molecule has 4 amide bonds. The summed E-state index contributed by atoms with van der Waals surface area (Å²) in [7, 11) is 0. The Morgan fingerprint density at radius 3 is 2.78 bits per heavy atom. The second kappa shape index (κ2) is 10.9. The van der Waals surface area contributed by atoms with Crippen LogP contribution in [0.2, 0.25) is 0 Å². The number of fused-ring (bicyclic) bond motifs is 1. The number of rotatable bonds is 8. The fourth-order valence-electron chi connectivity index (χ4n) is 3.95. The van der Waals surface area contributed by atoms with Gasteiger partial charge in [0.2, 0.25) is 11.8 Å². The van der Waals surface area contributed by atoms with E-state index in [9.17, 15) is 19.2 Å². The molecule has 172 valence electrons. The second-order valence-electron chi connectivity index (χ2n) is 8.18. The highest BCUT2D eigenvalue weighted by atomic mass is 16.2. The summed E-state index contributed by atoms with van der Waals surface area (Å²) in [5.74, 6) is -0.383. The van der Waals surface area contributed by atoms with Gasteiger partial charge >= 0.3 is 6.03 Å². The highest BCUT2D eigenvalue weighted by Crippen LogP contribution is 2.20. The van der Waals surface area contributed by atoms with Crippen LogP contribution in [0.25, 0.3) is 10.9 Å². The van der Waals surface area contributed by atoms with Crippen molar-refractivity contribution in [3.63, 3.8) is 0 Å². The molecule has 0 bridgehead atoms. The largest absolute Gasteiger partial charge is 0.338 e. The van der Waals surface area contributed by atoms with Crippen LogP contribution in [0.3, 0.4) is 0 Å². The highest BCUT2D eigenvalue weighted by Gasteiger charge is 2.28. The second-order valence-corrected chi connectivity index (χ2v) is 8.18. The predicted molar refractivity (Wildman–Crippen MR) is 121 cm³/mol. The van der Waals surface area contributed by atoms with Gasteiger partial charge in [0.25, 0.3) is 5.56 Å². The van der Waals surface area contributed by atoms with Crippen molar-refractivity contribution < 1.29 is 14.4 Å². The molecule has 0 radical (unpaired) electrons. The predicted octanol–water partition coefficient (Wildman–Crippen LogP) is 2.45. The summed E-state index contributed by atoms with van der Waals surface area (Å²) in [6.45, 7) is 4.72. The molecule has 0 spiro atoms. The molecule has 2 aromatic rings. The number of hydrogen-bond donors (Lipinski definition) is 3. The van der Waals surface area contributed by atoms with Crippen LogP contribution in [0.1, 0.15) is 69.3 Å². The van der Waals surface area contributed by atoms with Crippen molar-refractivity contribution >= 4 is 28.7 Å². The van der Waals surface area contributed by atoms with Crippen molar-refractivity contribution in [1.29, 1.82) is 0 Å². The van der Waals surface area contributed by atoms with Gasteiger partial charge in [0, 0.05) is 19.5 Å². The molecule has 1 aliphatic heterocycles. The maximum Gasteiger partial charge on any atom is 0.315 e. The van der Waals surface area contributed by atoms with E-state index < -0.39 is 11.9 Å². The van der Waals surface area contributed by atoms with Gasteiger partial charge in [-0.2, -0.15) is 0 Å². The maximum absolute atomic E-state index is 13.3. The lowest BCUT2D eigenvalue weighted by Crippen LogP contribution is -2.39. The van der Waals surface area contributed by atoms with E-state index in [0.717, 1.165) is 31.2 Å². The zero-order chi connectivity index (χ0) is 23.1. The number of benzene rings is 1. The number of nitrogens with zero attached hydrogens (tertiary/aromatic N) is 2. The van der Waals surface area contributed by atoms with Gasteiger partial charge in [-0.25, -0.2) is 9.78 Å². The average Bonchev–Trinajstić information content (AvgIpc) is 2.92. The third-order valence-electron chi connectivity index (χ3n) is 5.67. The van der Waals surface area contributed by atoms with E-state index in [1.54, 1.807) is 19.1 Å². The van der Waals surface area contributed by atoms with Crippen LogP contribution in [-0.4, -0.2) is 33.9 Å². The van der Waals surface area contributed by atoms with Gasteiger partial charge in [0.15, 0.2) is 0 Å². The van der Waals surface area contributed by atoms with Gasteiger partial charge in [-0.3, -0.25) is 24.3 Å². The zero-order valence-electron chi connectivity index (χ0n) is 18.7. The molecule has 9 nitrogen and oxygen atoms in total. The first-order chi connectivity index (χ1) is 15.4. The summed E-state index contributed by atoms with van der Waals surface area (Å²) in [4.78, 5) is 53.9. The molecular formula is C23H31N5O4. The Kier molecular flexibility index (Phi) is 7.97. The molecular weight excluding hydrogens is 410 g/mol. The van der Waals surface area contributed by atoms with Crippen molar-refractivity contribution in [3.05, 3.63) is 39.9 Å². The first-order valence-electron chi connectivity index (χ1n) is 11.3. The van der Waals surface area contributed by atoms with Crippen LogP contribution in [0.5, 0.6) is 0 Å². The molecule has 3 rings (SSSR count). The Bertz CT molecular complexity index is 1060. The standard InChI is InChI=1S/C23H31N5O4/c1-3-4-5-6-12-24-23(32)25-14-16-10-11-18-17(13-16)22(31)28(15(2)26-18)19-8-7-9-20(29)27-21(19)30/h10-11,13,19H,3-9,12,14H2,1-2H3,(H2,24,25,32)(H,27,29,30). The number of urea groups is 1. The smallest absolute Gasteiger partial charge is 0.315 e. The van der Waals surface area contributed by atoms with Gasteiger partial charge in [-0.05, 0) is 43.9 Å². The number of hydrogen-bond acceptors (Lipinski definition) is 5. The molecule has 1 fully saturated rings. The van der Waals surface area contributed by atoms with Crippen LogP contribution in [-0.2, 0) is 16.1 Å². The number of aryl methyl sites for hydroxylation is 1. The van der Waals surface area contributed by atoms with Gasteiger partial charge in [-0.15, -0.1) is 0 Å². The summed E-state index contributed by atoms with van der Waals surface area (Å²) in [6.07, 6.45) is 5.51. The lowest BCUT2D eigenvalue weighted by Gasteiger charge is -2.19. The summed E-state index contributed by atoms with van der Waals surface area (Å²) < 4.78 is 1.37. The molecule has 1 aromatic carbocycles. The summed E-state index contributed by atoms with van der Waals surface area (Å²) in [6, 6.07) is 4.23. The minimum atomic E-state index is -0.772. The Morgan fingerprint density at radius 2 is 2.00 bits per heavy atom. The number of aromatic nitrogens is 2. The molecule has 1 saturated heterocycles. The van der Waals surface area contributed by atoms with Crippen molar-refractivity contribution in [2.75, 3.05) is 6.54 Å². The summed E-state index contributed by atoms with van der Waals surface area (Å²) in [5.41, 5.74) is 0.954. The monoisotopic (exact) mass is 441 g/mol. The molecule has 1 atom stereocenters. The summed E-state index contributed by atoms with van der Waals surface area (Å²) >= 11 is 0. The van der Waals surface area contributed by atoms with Gasteiger partial charge in [-0.1, -0.05) is 32.3 Å². The van der Waals surface area contributed by atoms with Crippen LogP contribution in [0.15, 0.2) is 23.0 Å². The fraction of sp³-hybridized carbons (Fsp3) is 0.522. The van der Waals surface area contributed by atoms with E-state index in [0.29, 0.717) is 36.1 Å². The maximum atomic E-state index is 13.3. The van der Waals surface area contributed by atoms with E-state index in [4.69, 9.17) is 0 Å². The molecule has 1 aliphatic rings. The van der Waals surface area contributed by atoms with Gasteiger partial charge in [0.1, 0.15) is 11.9 Å². The molecule has 0 saturated carbocycles. The van der Waals surface area contributed by atoms with Crippen molar-refractivity contribution in [2.24, 2.45) is 0 Å². The lowest BCUT2D eigenvalue weighted by molar-refractivity contribution is -0.131. The van der Waals surface area contributed by atoms with Crippen molar-refractivity contribution in [3.8, 4) is 0 Å². The van der Waals surface area contributed by atoms with E-state index in [-0.39, 0.29) is 30.5 Å². The highest BCUT2D eigenvalue weighted by molar-refractivity contribution is 5.98. The Hall–Kier alpha value is -3.23. The fourth-order valence-corrected chi connectivity index (χ4v) is 3.95. The number of carbonyl (C=O) groups excluding carboxylic acids is 3. The average molecular weight is 442 g/mol. The van der Waals surface area contributed by atoms with Gasteiger partial charge in [0.05, 0.1) is 10.9 Å². The molecule has 2 heterocycles. The minimum Gasteiger partial charge on any atom is -0.338 e. The quantitative estimate of drug-likeness (QED) is 0.429. The van der Waals surface area contributed by atoms with E-state index in [1.807, 2.05) is 6.07 Å². The van der Waals surface area contributed by atoms with Crippen molar-refractivity contribution in [2.45, 2.75) is 71.4 Å². The normalized spacial score (nSPS) is 16.5. The van der Waals surface area contributed by atoms with E-state index >= 15 is 0 Å². The topological polar surface area (TPSA) is 122 Å². The van der Waals surface area contributed by atoms with Crippen LogP contribution < -0.4 is 21.5 Å². The Labute approximate surface area is 187 Å². The molecule has 9 heteroatoms. The van der Waals surface area contributed by atoms with Crippen LogP contribution in [0, 0.1) is 6.92 Å². The van der Waals surface area contributed by atoms with Crippen LogP contribution in [0.4, 0.5) is 4.79 Å². The Balaban J connectivity index is 1.75. The molecule has 1 unspecified atom stereocenters. The van der Waals surface area contributed by atoms with E-state index in [1.165, 1.54) is 4.57 Å². The number of nitrogens with one attached hydrogen (secondary N) is 3. The first kappa shape index (κ1) is 23.4. The number of imide groups is 1. The third kappa shape index (κ3) is 5.72. The number of carbonyl (C=O) groups is 3. The number of unbranched alkanes of at least 4 members (excludes halogenated alkanes) is 3. The van der Waals surface area contributed by atoms with Crippen molar-refractivity contribution in [1.82, 2.24) is 25.5 Å². The lowest BCUT2D eigenvalue weighted by atomic mass is 10.1. The molecule has 3 N–H and O–H groups in total. The van der Waals surface area contributed by atoms with Gasteiger partial charge < -0.3 is 10.6 Å². The summed E-state index contributed by atoms with van der Waals surface area (Å²) in [5, 5.41) is 8.36. The molecule has 1 aromatic heterocycles.